The summed E-state index contributed by atoms with van der Waals surface area (Å²) in [7, 11) is 0. The van der Waals surface area contributed by atoms with Crippen LogP contribution in [0.4, 0.5) is 0 Å². The number of carbonyl (C=O) groups is 1. The van der Waals surface area contributed by atoms with Crippen LogP contribution in [0.1, 0.15) is 11.1 Å². The van der Waals surface area contributed by atoms with Crippen molar-refractivity contribution in [2.45, 2.75) is 6.61 Å². The van der Waals surface area contributed by atoms with Crippen molar-refractivity contribution in [1.29, 1.82) is 0 Å². The molecule has 4 nitrogen and oxygen atoms in total. The maximum atomic E-state index is 12.1. The minimum absolute atomic E-state index is 0.0279. The van der Waals surface area contributed by atoms with E-state index in [0.717, 1.165) is 21.7 Å². The van der Waals surface area contributed by atoms with Gasteiger partial charge in [0.25, 0.3) is 0 Å². The fraction of sp³-hybridized carbons (Fsp3) is 0.0435. The molecule has 0 saturated carbocycles. The van der Waals surface area contributed by atoms with Gasteiger partial charge in [-0.3, -0.25) is 0 Å². The van der Waals surface area contributed by atoms with Crippen molar-refractivity contribution in [2.75, 3.05) is 0 Å². The Balaban J connectivity index is 1.60. The fourth-order valence-electron chi connectivity index (χ4n) is 3.07. The van der Waals surface area contributed by atoms with E-state index >= 15 is 0 Å². The number of hydrogen-bond donors (Lipinski definition) is 0. The Labute approximate surface area is 165 Å². The van der Waals surface area contributed by atoms with E-state index in [2.05, 4.69) is 0 Å². The highest BCUT2D eigenvalue weighted by atomic mass is 35.5. The van der Waals surface area contributed by atoms with E-state index in [0.29, 0.717) is 16.2 Å². The monoisotopic (exact) mass is 390 g/mol. The van der Waals surface area contributed by atoms with Gasteiger partial charge < -0.3 is 9.15 Å². The Morgan fingerprint density at radius 3 is 2.64 bits per heavy atom. The molecule has 0 unspecified atom stereocenters. The van der Waals surface area contributed by atoms with Crippen LogP contribution in [0.3, 0.4) is 0 Å². The molecule has 0 bridgehead atoms. The lowest BCUT2D eigenvalue weighted by atomic mass is 10.0. The van der Waals surface area contributed by atoms with Crippen LogP contribution in [0.5, 0.6) is 0 Å². The first kappa shape index (κ1) is 18.0. The molecule has 1 heterocycles. The largest absolute Gasteiger partial charge is 0.458 e. The summed E-state index contributed by atoms with van der Waals surface area (Å²) in [6.07, 6.45) is 2.99. The smallest absolute Gasteiger partial charge is 0.336 e. The first-order valence-electron chi connectivity index (χ1n) is 8.65. The van der Waals surface area contributed by atoms with Crippen molar-refractivity contribution in [3.8, 4) is 0 Å². The Morgan fingerprint density at radius 2 is 1.82 bits per heavy atom. The second kappa shape index (κ2) is 7.71. The Kier molecular flexibility index (Phi) is 4.96. The van der Waals surface area contributed by atoms with Gasteiger partial charge in [0, 0.05) is 28.1 Å². The average Bonchev–Trinajstić information content (AvgIpc) is 2.71. The fourth-order valence-corrected chi connectivity index (χ4v) is 3.20. The van der Waals surface area contributed by atoms with Crippen molar-refractivity contribution >= 4 is 45.4 Å². The highest BCUT2D eigenvalue weighted by molar-refractivity contribution is 6.30. The van der Waals surface area contributed by atoms with Gasteiger partial charge in [0.1, 0.15) is 12.2 Å². The highest BCUT2D eigenvalue weighted by Gasteiger charge is 2.11. The third kappa shape index (κ3) is 3.82. The molecular formula is C23H15ClO4. The zero-order chi connectivity index (χ0) is 19.5. The molecule has 0 N–H and O–H groups in total. The lowest BCUT2D eigenvalue weighted by molar-refractivity contribution is -0.138. The van der Waals surface area contributed by atoms with Gasteiger partial charge in [0.2, 0.25) is 0 Å². The lowest BCUT2D eigenvalue weighted by Crippen LogP contribution is -2.06. The molecule has 0 aliphatic heterocycles. The van der Waals surface area contributed by atoms with Crippen LogP contribution < -0.4 is 5.63 Å². The van der Waals surface area contributed by atoms with Gasteiger partial charge in [-0.25, -0.2) is 9.59 Å². The van der Waals surface area contributed by atoms with E-state index in [1.54, 1.807) is 36.4 Å². The van der Waals surface area contributed by atoms with Crippen molar-refractivity contribution in [3.63, 3.8) is 0 Å². The molecule has 0 aliphatic carbocycles. The normalized spacial score (nSPS) is 11.3. The van der Waals surface area contributed by atoms with E-state index in [-0.39, 0.29) is 6.61 Å². The summed E-state index contributed by atoms with van der Waals surface area (Å²) in [5.74, 6) is -0.503. The molecular weight excluding hydrogens is 376 g/mol. The zero-order valence-electron chi connectivity index (χ0n) is 14.7. The number of esters is 1. The van der Waals surface area contributed by atoms with Gasteiger partial charge in [-0.15, -0.1) is 0 Å². The van der Waals surface area contributed by atoms with Crippen molar-refractivity contribution in [2.24, 2.45) is 0 Å². The summed E-state index contributed by atoms with van der Waals surface area (Å²) in [6.45, 7) is -0.0279. The standard InChI is InChI=1S/C23H15ClO4/c24-18-9-5-15(6-10-18)7-12-21(25)27-14-17-13-22(26)28-20-11-8-16-3-1-2-4-19(16)23(17)20/h1-13H,14H2. The number of halogens is 1. The maximum Gasteiger partial charge on any atom is 0.336 e. The van der Waals surface area contributed by atoms with Crippen LogP contribution in [-0.4, -0.2) is 5.97 Å². The molecule has 3 aromatic carbocycles. The van der Waals surface area contributed by atoms with Crippen molar-refractivity contribution in [3.05, 3.63) is 99.4 Å². The number of hydrogen-bond acceptors (Lipinski definition) is 4. The minimum atomic E-state index is -0.503. The summed E-state index contributed by atoms with van der Waals surface area (Å²) >= 11 is 5.84. The van der Waals surface area contributed by atoms with Gasteiger partial charge in [0.15, 0.2) is 0 Å². The van der Waals surface area contributed by atoms with E-state index in [4.69, 9.17) is 20.8 Å². The molecule has 1 aromatic heterocycles. The van der Waals surface area contributed by atoms with Crippen LogP contribution in [0, 0.1) is 0 Å². The quantitative estimate of drug-likeness (QED) is 0.204. The van der Waals surface area contributed by atoms with Crippen LogP contribution in [0.25, 0.3) is 27.8 Å². The summed E-state index contributed by atoms with van der Waals surface area (Å²) in [6, 6.07) is 19.9. The van der Waals surface area contributed by atoms with Gasteiger partial charge >= 0.3 is 11.6 Å². The Morgan fingerprint density at radius 1 is 1.04 bits per heavy atom. The number of ether oxygens (including phenoxy) is 1. The number of benzene rings is 3. The molecule has 138 valence electrons. The van der Waals surface area contributed by atoms with E-state index in [1.807, 2.05) is 30.3 Å². The maximum absolute atomic E-state index is 12.1. The molecule has 4 rings (SSSR count). The summed E-state index contributed by atoms with van der Waals surface area (Å²) < 4.78 is 10.7. The molecule has 0 amide bonds. The second-order valence-electron chi connectivity index (χ2n) is 6.24. The van der Waals surface area contributed by atoms with E-state index in [9.17, 15) is 9.59 Å². The molecule has 0 fully saturated rings. The molecule has 0 atom stereocenters. The molecule has 4 aromatic rings. The molecule has 0 spiro atoms. The topological polar surface area (TPSA) is 56.5 Å². The average molecular weight is 391 g/mol. The van der Waals surface area contributed by atoms with Gasteiger partial charge in [-0.05, 0) is 40.6 Å². The van der Waals surface area contributed by atoms with Gasteiger partial charge in [-0.2, -0.15) is 0 Å². The van der Waals surface area contributed by atoms with Crippen LogP contribution in [-0.2, 0) is 16.1 Å². The molecule has 28 heavy (non-hydrogen) atoms. The SMILES string of the molecule is O=C(C=Cc1ccc(Cl)cc1)OCc1cc(=O)oc2ccc3ccccc3c12. The Bertz CT molecular complexity index is 1250. The van der Waals surface area contributed by atoms with Crippen LogP contribution in [0.2, 0.25) is 5.02 Å². The molecule has 0 saturated heterocycles. The van der Waals surface area contributed by atoms with E-state index in [1.165, 1.54) is 12.1 Å². The summed E-state index contributed by atoms with van der Waals surface area (Å²) in [5, 5.41) is 3.35. The first-order chi connectivity index (χ1) is 13.6. The third-order valence-electron chi connectivity index (χ3n) is 4.37. The molecule has 0 radical (unpaired) electrons. The highest BCUT2D eigenvalue weighted by Crippen LogP contribution is 2.27. The van der Waals surface area contributed by atoms with Crippen LogP contribution >= 0.6 is 11.6 Å². The van der Waals surface area contributed by atoms with Crippen molar-refractivity contribution < 1.29 is 13.9 Å². The predicted octanol–water partition coefficient (Wildman–Crippen LogP) is 5.36. The minimum Gasteiger partial charge on any atom is -0.458 e. The van der Waals surface area contributed by atoms with Crippen molar-refractivity contribution in [1.82, 2.24) is 0 Å². The predicted molar refractivity (Wildman–Crippen MR) is 110 cm³/mol. The number of carbonyl (C=O) groups excluding carboxylic acids is 1. The molecule has 0 aliphatic rings. The van der Waals surface area contributed by atoms with E-state index < -0.39 is 11.6 Å². The number of rotatable bonds is 4. The first-order valence-corrected chi connectivity index (χ1v) is 9.03. The Hall–Kier alpha value is -3.37. The summed E-state index contributed by atoms with van der Waals surface area (Å²) in [5.41, 5.74) is 1.42. The molecule has 5 heteroatoms. The van der Waals surface area contributed by atoms with Gasteiger partial charge in [0.05, 0.1) is 0 Å². The summed E-state index contributed by atoms with van der Waals surface area (Å²) in [4.78, 5) is 24.0. The zero-order valence-corrected chi connectivity index (χ0v) is 15.5. The number of fused-ring (bicyclic) bond motifs is 3. The third-order valence-corrected chi connectivity index (χ3v) is 4.62. The second-order valence-corrected chi connectivity index (χ2v) is 6.68. The lowest BCUT2D eigenvalue weighted by Gasteiger charge is -2.08. The van der Waals surface area contributed by atoms with Crippen LogP contribution in [0.15, 0.2) is 82.0 Å². The van der Waals surface area contributed by atoms with Gasteiger partial charge in [-0.1, -0.05) is 54.1 Å².